The van der Waals surface area contributed by atoms with Gasteiger partial charge in [0.15, 0.2) is 0 Å². The van der Waals surface area contributed by atoms with E-state index in [4.69, 9.17) is 11.5 Å². The third-order valence-electron chi connectivity index (χ3n) is 2.64. The first-order valence-electron chi connectivity index (χ1n) is 5.57. The highest BCUT2D eigenvalue weighted by Crippen LogP contribution is 2.20. The van der Waals surface area contributed by atoms with Crippen molar-refractivity contribution >= 4 is 12.2 Å². The average Bonchev–Trinajstić information content (AvgIpc) is 2.41. The standard InChI is InChI=1S/C11H20N4O/c1-2-3-4-5-9-8(11(13)16)6-10(12)15-7-14-9/h3-4,7-9,11,16H,2,5-6,13H2,1H3,(H2,12,14,15)/b4-3-/t8-,9-,11?/m1/s1. The van der Waals surface area contributed by atoms with Crippen molar-refractivity contribution < 1.29 is 5.11 Å². The molecule has 0 aromatic rings. The van der Waals surface area contributed by atoms with Crippen molar-refractivity contribution in [3.63, 3.8) is 0 Å². The minimum Gasteiger partial charge on any atom is -0.387 e. The lowest BCUT2D eigenvalue weighted by atomic mass is 9.92. The molecular weight excluding hydrogens is 204 g/mol. The molecule has 0 aromatic heterocycles. The Bertz CT molecular complexity index is 296. The summed E-state index contributed by atoms with van der Waals surface area (Å²) < 4.78 is 0. The lowest BCUT2D eigenvalue weighted by molar-refractivity contribution is 0.103. The van der Waals surface area contributed by atoms with Gasteiger partial charge in [0.2, 0.25) is 0 Å². The van der Waals surface area contributed by atoms with Gasteiger partial charge in [-0.25, -0.2) is 4.99 Å². The normalized spacial score (nSPS) is 27.8. The van der Waals surface area contributed by atoms with Crippen LogP contribution in [0.1, 0.15) is 26.2 Å². The van der Waals surface area contributed by atoms with E-state index in [1.54, 1.807) is 0 Å². The average molecular weight is 224 g/mol. The van der Waals surface area contributed by atoms with Gasteiger partial charge in [0.25, 0.3) is 0 Å². The molecule has 1 aliphatic rings. The molecule has 3 atom stereocenters. The number of nitrogens with two attached hydrogens (primary N) is 2. The molecule has 16 heavy (non-hydrogen) atoms. The van der Waals surface area contributed by atoms with Crippen LogP contribution in [0.4, 0.5) is 0 Å². The molecule has 5 nitrogen and oxygen atoms in total. The minimum absolute atomic E-state index is 0.0485. The Kier molecular flexibility index (Phi) is 5.14. The maximum atomic E-state index is 9.52. The monoisotopic (exact) mass is 224 g/mol. The molecule has 0 aromatic carbocycles. The summed E-state index contributed by atoms with van der Waals surface area (Å²) >= 11 is 0. The Labute approximate surface area is 96.0 Å². The number of nitrogens with zero attached hydrogens (tertiary/aromatic N) is 2. The van der Waals surface area contributed by atoms with E-state index in [9.17, 15) is 5.11 Å². The van der Waals surface area contributed by atoms with E-state index in [1.807, 2.05) is 0 Å². The Morgan fingerprint density at radius 3 is 3.00 bits per heavy atom. The van der Waals surface area contributed by atoms with Crippen LogP contribution in [-0.4, -0.2) is 29.6 Å². The van der Waals surface area contributed by atoms with Crippen LogP contribution in [0, 0.1) is 5.92 Å². The predicted octanol–water partition coefficient (Wildman–Crippen LogP) is 0.394. The topological polar surface area (TPSA) is 97.0 Å². The fraction of sp³-hybridized carbons (Fsp3) is 0.636. The number of aliphatic hydroxyl groups is 1. The smallest absolute Gasteiger partial charge is 0.112 e. The lowest BCUT2D eigenvalue weighted by Crippen LogP contribution is -2.38. The van der Waals surface area contributed by atoms with Gasteiger partial charge in [-0.3, -0.25) is 4.99 Å². The van der Waals surface area contributed by atoms with Crippen molar-refractivity contribution in [2.75, 3.05) is 0 Å². The minimum atomic E-state index is -0.913. The highest BCUT2D eigenvalue weighted by Gasteiger charge is 2.27. The molecule has 1 heterocycles. The lowest BCUT2D eigenvalue weighted by Gasteiger charge is -2.23. The van der Waals surface area contributed by atoms with Gasteiger partial charge in [-0.1, -0.05) is 19.1 Å². The van der Waals surface area contributed by atoms with Crippen LogP contribution in [0.3, 0.4) is 0 Å². The molecule has 0 radical (unpaired) electrons. The number of amidine groups is 1. The van der Waals surface area contributed by atoms with E-state index in [-0.39, 0.29) is 12.0 Å². The highest BCUT2D eigenvalue weighted by molar-refractivity contribution is 5.88. The molecule has 0 amide bonds. The third kappa shape index (κ3) is 3.75. The summed E-state index contributed by atoms with van der Waals surface area (Å²) in [5, 5.41) is 9.52. The van der Waals surface area contributed by atoms with Crippen molar-refractivity contribution in [1.82, 2.24) is 0 Å². The maximum absolute atomic E-state index is 9.52. The first-order chi connectivity index (χ1) is 7.65. The van der Waals surface area contributed by atoms with E-state index in [0.29, 0.717) is 12.3 Å². The number of hydrogen-bond donors (Lipinski definition) is 3. The van der Waals surface area contributed by atoms with E-state index in [0.717, 1.165) is 12.8 Å². The molecule has 1 rings (SSSR count). The zero-order chi connectivity index (χ0) is 12.0. The van der Waals surface area contributed by atoms with Crippen LogP contribution in [0.5, 0.6) is 0 Å². The molecule has 1 aliphatic heterocycles. The summed E-state index contributed by atoms with van der Waals surface area (Å²) in [5.74, 6) is 0.309. The van der Waals surface area contributed by atoms with Crippen LogP contribution in [0.25, 0.3) is 0 Å². The molecule has 0 aliphatic carbocycles. The second kappa shape index (κ2) is 6.40. The highest BCUT2D eigenvalue weighted by atomic mass is 16.3. The summed E-state index contributed by atoms with van der Waals surface area (Å²) in [4.78, 5) is 8.21. The molecule has 0 fully saturated rings. The number of hydrogen-bond acceptors (Lipinski definition) is 5. The van der Waals surface area contributed by atoms with Crippen molar-refractivity contribution in [3.8, 4) is 0 Å². The Hall–Kier alpha value is -1.20. The SMILES string of the molecule is CC/C=C\C[C@H]1N=CN=C(N)C[C@H]1C(N)O. The van der Waals surface area contributed by atoms with Crippen molar-refractivity contribution in [3.05, 3.63) is 12.2 Å². The fourth-order valence-corrected chi connectivity index (χ4v) is 1.72. The molecular formula is C11H20N4O. The number of allylic oxidation sites excluding steroid dienone is 1. The first kappa shape index (κ1) is 12.9. The van der Waals surface area contributed by atoms with Gasteiger partial charge >= 0.3 is 0 Å². The predicted molar refractivity (Wildman–Crippen MR) is 66.3 cm³/mol. The molecule has 0 spiro atoms. The summed E-state index contributed by atoms with van der Waals surface area (Å²) in [6, 6.07) is -0.0485. The largest absolute Gasteiger partial charge is 0.387 e. The molecule has 5 heteroatoms. The molecule has 1 unspecified atom stereocenters. The Morgan fingerprint density at radius 1 is 1.62 bits per heavy atom. The Balaban J connectivity index is 2.69. The quantitative estimate of drug-likeness (QED) is 0.476. The van der Waals surface area contributed by atoms with E-state index < -0.39 is 6.23 Å². The summed E-state index contributed by atoms with van der Waals surface area (Å²) in [6.07, 6.45) is 6.91. The van der Waals surface area contributed by atoms with Crippen LogP contribution in [0.15, 0.2) is 22.1 Å². The van der Waals surface area contributed by atoms with Gasteiger partial charge < -0.3 is 16.6 Å². The summed E-state index contributed by atoms with van der Waals surface area (Å²) in [6.45, 7) is 2.07. The number of aliphatic imine (C=N–C) groups is 2. The van der Waals surface area contributed by atoms with Crippen molar-refractivity contribution in [2.24, 2.45) is 27.4 Å². The van der Waals surface area contributed by atoms with Crippen LogP contribution < -0.4 is 11.5 Å². The van der Waals surface area contributed by atoms with Gasteiger partial charge in [-0.05, 0) is 12.8 Å². The van der Waals surface area contributed by atoms with Crippen LogP contribution >= 0.6 is 0 Å². The second-order valence-corrected chi connectivity index (χ2v) is 3.93. The summed E-state index contributed by atoms with van der Waals surface area (Å²) in [7, 11) is 0. The van der Waals surface area contributed by atoms with Gasteiger partial charge in [0.05, 0.1) is 6.04 Å². The Morgan fingerprint density at radius 2 is 2.38 bits per heavy atom. The zero-order valence-electron chi connectivity index (χ0n) is 9.58. The molecule has 90 valence electrons. The van der Waals surface area contributed by atoms with Crippen LogP contribution in [0.2, 0.25) is 0 Å². The fourth-order valence-electron chi connectivity index (χ4n) is 1.72. The molecule has 0 saturated heterocycles. The maximum Gasteiger partial charge on any atom is 0.112 e. The van der Waals surface area contributed by atoms with Crippen molar-refractivity contribution in [1.29, 1.82) is 0 Å². The van der Waals surface area contributed by atoms with Gasteiger partial charge in [0.1, 0.15) is 18.4 Å². The van der Waals surface area contributed by atoms with E-state index in [2.05, 4.69) is 29.1 Å². The van der Waals surface area contributed by atoms with E-state index >= 15 is 0 Å². The van der Waals surface area contributed by atoms with Gasteiger partial charge in [0, 0.05) is 12.3 Å². The summed E-state index contributed by atoms with van der Waals surface area (Å²) in [5.41, 5.74) is 11.2. The van der Waals surface area contributed by atoms with Gasteiger partial charge in [-0.2, -0.15) is 0 Å². The van der Waals surface area contributed by atoms with Crippen LogP contribution in [-0.2, 0) is 0 Å². The molecule has 5 N–H and O–H groups in total. The zero-order valence-corrected chi connectivity index (χ0v) is 9.58. The third-order valence-corrected chi connectivity index (χ3v) is 2.64. The molecule has 0 saturated carbocycles. The van der Waals surface area contributed by atoms with E-state index in [1.165, 1.54) is 6.34 Å². The number of rotatable bonds is 4. The van der Waals surface area contributed by atoms with Crippen molar-refractivity contribution in [2.45, 2.75) is 38.5 Å². The molecule has 0 bridgehead atoms. The van der Waals surface area contributed by atoms with Gasteiger partial charge in [-0.15, -0.1) is 0 Å². The first-order valence-corrected chi connectivity index (χ1v) is 5.57. The second-order valence-electron chi connectivity index (χ2n) is 3.93. The number of aliphatic hydroxyl groups excluding tert-OH is 1.